The summed E-state index contributed by atoms with van der Waals surface area (Å²) in [6.45, 7) is 1.76. The van der Waals surface area contributed by atoms with Gasteiger partial charge in [0.2, 0.25) is 0 Å². The van der Waals surface area contributed by atoms with Gasteiger partial charge in [0.25, 0.3) is 0 Å². The largest absolute Gasteiger partial charge is 0.497 e. The van der Waals surface area contributed by atoms with Gasteiger partial charge in [-0.1, -0.05) is 24.3 Å². The first-order chi connectivity index (χ1) is 14.6. The highest BCUT2D eigenvalue weighted by atomic mass is 16.7. The summed E-state index contributed by atoms with van der Waals surface area (Å²) in [5.74, 6) is 1.61. The Bertz CT molecular complexity index is 918. The van der Waals surface area contributed by atoms with Crippen molar-refractivity contribution in [1.29, 1.82) is 0 Å². The Morgan fingerprint density at radius 2 is 1.83 bits per heavy atom. The van der Waals surface area contributed by atoms with Gasteiger partial charge in [0.05, 0.1) is 19.9 Å². The molecule has 1 saturated heterocycles. The first-order valence-electron chi connectivity index (χ1n) is 10.1. The summed E-state index contributed by atoms with van der Waals surface area (Å²) in [7, 11) is 3.29. The molecule has 0 bridgehead atoms. The van der Waals surface area contributed by atoms with Gasteiger partial charge in [-0.2, -0.15) is 0 Å². The van der Waals surface area contributed by atoms with Crippen LogP contribution in [0.4, 0.5) is 4.79 Å². The van der Waals surface area contributed by atoms with Crippen LogP contribution in [0.5, 0.6) is 11.5 Å². The third kappa shape index (κ3) is 4.36. The first kappa shape index (κ1) is 20.1. The third-order valence-corrected chi connectivity index (χ3v) is 5.65. The van der Waals surface area contributed by atoms with Crippen LogP contribution in [0.15, 0.2) is 54.6 Å². The lowest BCUT2D eigenvalue weighted by atomic mass is 9.90. The monoisotopic (exact) mass is 409 g/mol. The Hall–Kier alpha value is -3.19. The van der Waals surface area contributed by atoms with Gasteiger partial charge in [-0.05, 0) is 35.9 Å². The van der Waals surface area contributed by atoms with Crippen molar-refractivity contribution in [3.05, 3.63) is 65.7 Å². The van der Waals surface area contributed by atoms with Crippen molar-refractivity contribution in [2.24, 2.45) is 0 Å². The number of urea groups is 1. The van der Waals surface area contributed by atoms with Gasteiger partial charge in [0, 0.05) is 38.0 Å². The molecule has 0 radical (unpaired) electrons. The molecule has 0 aliphatic carbocycles. The molecular weight excluding hydrogens is 382 g/mol. The zero-order valence-electron chi connectivity index (χ0n) is 17.3. The smallest absolute Gasteiger partial charge is 0.317 e. The normalized spacial score (nSPS) is 17.3. The van der Waals surface area contributed by atoms with Crippen molar-refractivity contribution in [1.82, 2.24) is 15.7 Å². The number of hydroxylamine groups is 1. The average molecular weight is 409 g/mol. The number of ether oxygens (including phenoxy) is 2. The van der Waals surface area contributed by atoms with E-state index in [0.29, 0.717) is 19.6 Å². The lowest BCUT2D eigenvalue weighted by molar-refractivity contribution is -0.0639. The van der Waals surface area contributed by atoms with Crippen LogP contribution in [0.3, 0.4) is 0 Å². The van der Waals surface area contributed by atoms with Crippen LogP contribution in [0, 0.1) is 0 Å². The van der Waals surface area contributed by atoms with Crippen molar-refractivity contribution in [3.63, 3.8) is 0 Å². The predicted octanol–water partition coefficient (Wildman–Crippen LogP) is 3.32. The Morgan fingerprint density at radius 1 is 1.10 bits per heavy atom. The molecule has 1 spiro atoms. The molecule has 2 aliphatic heterocycles. The third-order valence-electron chi connectivity index (χ3n) is 5.65. The van der Waals surface area contributed by atoms with Gasteiger partial charge in [-0.15, -0.1) is 0 Å². The molecule has 0 atom stereocenters. The Labute approximate surface area is 176 Å². The van der Waals surface area contributed by atoms with Gasteiger partial charge in [0.1, 0.15) is 17.1 Å². The van der Waals surface area contributed by atoms with E-state index in [2.05, 4.69) is 16.9 Å². The van der Waals surface area contributed by atoms with E-state index in [9.17, 15) is 4.79 Å². The molecule has 2 heterocycles. The molecule has 30 heavy (non-hydrogen) atoms. The summed E-state index contributed by atoms with van der Waals surface area (Å²) in [5.41, 5.74) is 5.67. The lowest BCUT2D eigenvalue weighted by Gasteiger charge is -2.36. The summed E-state index contributed by atoms with van der Waals surface area (Å²) < 4.78 is 10.5. The van der Waals surface area contributed by atoms with Gasteiger partial charge >= 0.3 is 6.03 Å². The molecule has 1 fully saturated rings. The fourth-order valence-electron chi connectivity index (χ4n) is 3.78. The minimum absolute atomic E-state index is 0.0522. The van der Waals surface area contributed by atoms with E-state index in [1.165, 1.54) is 0 Å². The molecule has 7 nitrogen and oxygen atoms in total. The zero-order valence-corrected chi connectivity index (χ0v) is 17.3. The first-order valence-corrected chi connectivity index (χ1v) is 10.1. The Morgan fingerprint density at radius 3 is 2.53 bits per heavy atom. The van der Waals surface area contributed by atoms with Crippen LogP contribution in [0.2, 0.25) is 0 Å². The molecule has 0 aromatic heterocycles. The van der Waals surface area contributed by atoms with Gasteiger partial charge in [0.15, 0.2) is 0 Å². The Balaban J connectivity index is 1.31. The fraction of sp³-hybridized carbons (Fsp3) is 0.348. The van der Waals surface area contributed by atoms with E-state index in [1.54, 1.807) is 14.2 Å². The quantitative estimate of drug-likeness (QED) is 0.793. The molecule has 0 saturated carbocycles. The SMILES string of the molecule is COc1ccc(CNC(=O)N2CCC3(C=C(c4cccc(OC)c4)NO3)CC2)cc1. The number of piperidine rings is 1. The number of amides is 2. The van der Waals surface area contributed by atoms with Crippen molar-refractivity contribution in [2.45, 2.75) is 25.0 Å². The topological polar surface area (TPSA) is 72.1 Å². The summed E-state index contributed by atoms with van der Waals surface area (Å²) in [4.78, 5) is 20.3. The number of hydrogen-bond donors (Lipinski definition) is 2. The number of benzene rings is 2. The van der Waals surface area contributed by atoms with Gasteiger partial charge < -0.3 is 19.7 Å². The summed E-state index contributed by atoms with van der Waals surface area (Å²) in [5, 5.41) is 2.99. The van der Waals surface area contributed by atoms with Crippen molar-refractivity contribution in [3.8, 4) is 11.5 Å². The fourth-order valence-corrected chi connectivity index (χ4v) is 3.78. The molecule has 2 N–H and O–H groups in total. The standard InChI is InChI=1S/C23H27N3O4/c1-28-19-8-6-17(7-9-19)16-24-22(27)26-12-10-23(11-13-26)15-21(25-30-23)18-4-3-5-20(14-18)29-2/h3-9,14-15,25H,10-13,16H2,1-2H3,(H,24,27). The number of methoxy groups -OCH3 is 2. The second-order valence-corrected chi connectivity index (χ2v) is 7.55. The summed E-state index contributed by atoms with van der Waals surface area (Å²) in [6, 6.07) is 15.5. The lowest BCUT2D eigenvalue weighted by Crippen LogP contribution is -2.49. The van der Waals surface area contributed by atoms with E-state index >= 15 is 0 Å². The van der Waals surface area contributed by atoms with Gasteiger partial charge in [-0.3, -0.25) is 10.3 Å². The zero-order chi connectivity index (χ0) is 21.0. The number of rotatable bonds is 5. The van der Waals surface area contributed by atoms with E-state index < -0.39 is 0 Å². The maximum atomic E-state index is 12.6. The number of nitrogens with zero attached hydrogens (tertiary/aromatic N) is 1. The molecule has 0 unspecified atom stereocenters. The predicted molar refractivity (Wildman–Crippen MR) is 114 cm³/mol. The number of hydrogen-bond acceptors (Lipinski definition) is 5. The molecular formula is C23H27N3O4. The highest BCUT2D eigenvalue weighted by Gasteiger charge is 2.39. The van der Waals surface area contributed by atoms with E-state index in [1.807, 2.05) is 53.4 Å². The van der Waals surface area contributed by atoms with Crippen LogP contribution in [-0.2, 0) is 11.4 Å². The van der Waals surface area contributed by atoms with Crippen LogP contribution >= 0.6 is 0 Å². The minimum atomic E-state index is -0.384. The highest BCUT2D eigenvalue weighted by molar-refractivity contribution is 5.74. The molecule has 2 aromatic carbocycles. The van der Waals surface area contributed by atoms with Crippen LogP contribution in [0.1, 0.15) is 24.0 Å². The van der Waals surface area contributed by atoms with Crippen molar-refractivity contribution >= 4 is 11.7 Å². The second-order valence-electron chi connectivity index (χ2n) is 7.55. The van der Waals surface area contributed by atoms with Crippen LogP contribution < -0.4 is 20.3 Å². The Kier molecular flexibility index (Phi) is 5.81. The maximum Gasteiger partial charge on any atom is 0.317 e. The molecule has 158 valence electrons. The van der Waals surface area contributed by atoms with Crippen molar-refractivity contribution in [2.75, 3.05) is 27.3 Å². The number of nitrogens with one attached hydrogen (secondary N) is 2. The number of carbonyl (C=O) groups excluding carboxylic acids is 1. The summed E-state index contributed by atoms with van der Waals surface area (Å²) in [6.07, 6.45) is 3.61. The summed E-state index contributed by atoms with van der Waals surface area (Å²) >= 11 is 0. The van der Waals surface area contributed by atoms with Crippen LogP contribution in [0.25, 0.3) is 5.70 Å². The van der Waals surface area contributed by atoms with Gasteiger partial charge in [-0.25, -0.2) is 4.79 Å². The highest BCUT2D eigenvalue weighted by Crippen LogP contribution is 2.35. The van der Waals surface area contributed by atoms with Crippen molar-refractivity contribution < 1.29 is 19.1 Å². The minimum Gasteiger partial charge on any atom is -0.497 e. The number of likely N-dealkylation sites (tertiary alicyclic amines) is 1. The van der Waals surface area contributed by atoms with Crippen LogP contribution in [-0.4, -0.2) is 43.8 Å². The maximum absolute atomic E-state index is 12.6. The van der Waals surface area contributed by atoms with E-state index in [-0.39, 0.29) is 11.6 Å². The molecule has 7 heteroatoms. The number of carbonyl (C=O) groups is 1. The molecule has 2 amide bonds. The van der Waals surface area contributed by atoms with E-state index in [4.69, 9.17) is 14.3 Å². The molecule has 2 aliphatic rings. The second kappa shape index (κ2) is 8.67. The average Bonchev–Trinajstić information content (AvgIpc) is 3.22. The molecule has 2 aromatic rings. The molecule has 4 rings (SSSR count). The van der Waals surface area contributed by atoms with E-state index in [0.717, 1.165) is 41.2 Å².